The van der Waals surface area contributed by atoms with Gasteiger partial charge < -0.3 is 14.8 Å². The maximum Gasteiger partial charge on any atom is 0.124 e. The molecule has 0 aromatic heterocycles. The fourth-order valence-corrected chi connectivity index (χ4v) is 2.26. The third-order valence-electron chi connectivity index (χ3n) is 3.77. The standard InChI is InChI=1S/C18H23NO2/c1-12-6-7-15(8-13(12)2)14(3)19-16-9-17(20-4)11-18(10-16)21-5/h6-11,14,19H,1-5H3. The second-order valence-corrected chi connectivity index (χ2v) is 5.31. The van der Waals surface area contributed by atoms with Crippen molar-refractivity contribution in [1.82, 2.24) is 0 Å². The Morgan fingerprint density at radius 3 is 2.00 bits per heavy atom. The van der Waals surface area contributed by atoms with Crippen LogP contribution in [0, 0.1) is 13.8 Å². The molecule has 0 aliphatic heterocycles. The van der Waals surface area contributed by atoms with E-state index in [-0.39, 0.29) is 6.04 Å². The predicted octanol–water partition coefficient (Wildman–Crippen LogP) is 4.49. The van der Waals surface area contributed by atoms with Crippen LogP contribution in [-0.2, 0) is 0 Å². The summed E-state index contributed by atoms with van der Waals surface area (Å²) in [6.45, 7) is 6.42. The van der Waals surface area contributed by atoms with E-state index in [1.807, 2.05) is 18.2 Å². The van der Waals surface area contributed by atoms with Crippen LogP contribution >= 0.6 is 0 Å². The molecule has 3 nitrogen and oxygen atoms in total. The normalized spacial score (nSPS) is 11.9. The van der Waals surface area contributed by atoms with Gasteiger partial charge in [0.2, 0.25) is 0 Å². The molecular weight excluding hydrogens is 262 g/mol. The van der Waals surface area contributed by atoms with Gasteiger partial charge in [0.15, 0.2) is 0 Å². The van der Waals surface area contributed by atoms with Crippen LogP contribution in [0.15, 0.2) is 36.4 Å². The zero-order valence-electron chi connectivity index (χ0n) is 13.4. The Kier molecular flexibility index (Phi) is 4.73. The Hall–Kier alpha value is -2.16. The zero-order valence-corrected chi connectivity index (χ0v) is 13.4. The number of aryl methyl sites for hydroxylation is 2. The van der Waals surface area contributed by atoms with Crippen LogP contribution in [0.1, 0.15) is 29.7 Å². The summed E-state index contributed by atoms with van der Waals surface area (Å²) in [6.07, 6.45) is 0. The van der Waals surface area contributed by atoms with Gasteiger partial charge in [-0.1, -0.05) is 18.2 Å². The highest BCUT2D eigenvalue weighted by Gasteiger charge is 2.08. The Balaban J connectivity index is 2.22. The first-order valence-electron chi connectivity index (χ1n) is 7.10. The maximum absolute atomic E-state index is 5.30. The van der Waals surface area contributed by atoms with E-state index in [9.17, 15) is 0 Å². The van der Waals surface area contributed by atoms with Crippen LogP contribution in [0.2, 0.25) is 0 Å². The molecule has 0 aliphatic carbocycles. The van der Waals surface area contributed by atoms with Crippen molar-refractivity contribution in [1.29, 1.82) is 0 Å². The molecular formula is C18H23NO2. The van der Waals surface area contributed by atoms with Gasteiger partial charge >= 0.3 is 0 Å². The molecule has 21 heavy (non-hydrogen) atoms. The Bertz CT molecular complexity index is 600. The predicted molar refractivity (Wildman–Crippen MR) is 87.5 cm³/mol. The summed E-state index contributed by atoms with van der Waals surface area (Å²) in [5, 5.41) is 3.49. The van der Waals surface area contributed by atoms with E-state index >= 15 is 0 Å². The summed E-state index contributed by atoms with van der Waals surface area (Å²) in [5.74, 6) is 1.56. The Morgan fingerprint density at radius 2 is 1.48 bits per heavy atom. The minimum atomic E-state index is 0.209. The van der Waals surface area contributed by atoms with Crippen LogP contribution in [-0.4, -0.2) is 14.2 Å². The summed E-state index contributed by atoms with van der Waals surface area (Å²) in [6, 6.07) is 12.6. The number of nitrogens with one attached hydrogen (secondary N) is 1. The fraction of sp³-hybridized carbons (Fsp3) is 0.333. The molecule has 1 N–H and O–H groups in total. The van der Waals surface area contributed by atoms with Gasteiger partial charge in [-0.3, -0.25) is 0 Å². The average molecular weight is 285 g/mol. The van der Waals surface area contributed by atoms with Gasteiger partial charge in [0.1, 0.15) is 11.5 Å². The summed E-state index contributed by atoms with van der Waals surface area (Å²) in [4.78, 5) is 0. The lowest BCUT2D eigenvalue weighted by molar-refractivity contribution is 0.394. The number of ether oxygens (including phenoxy) is 2. The molecule has 0 bridgehead atoms. The molecule has 112 valence electrons. The Morgan fingerprint density at radius 1 is 0.857 bits per heavy atom. The van der Waals surface area contributed by atoms with Crippen LogP contribution in [0.3, 0.4) is 0 Å². The average Bonchev–Trinajstić information content (AvgIpc) is 2.49. The lowest BCUT2D eigenvalue weighted by Gasteiger charge is -2.18. The molecule has 2 rings (SSSR count). The van der Waals surface area contributed by atoms with Gasteiger partial charge in [0, 0.05) is 29.9 Å². The van der Waals surface area contributed by atoms with E-state index in [2.05, 4.69) is 44.3 Å². The van der Waals surface area contributed by atoms with Gasteiger partial charge in [-0.2, -0.15) is 0 Å². The number of anilines is 1. The number of hydrogen-bond acceptors (Lipinski definition) is 3. The molecule has 1 unspecified atom stereocenters. The zero-order chi connectivity index (χ0) is 15.4. The molecule has 0 aliphatic rings. The lowest BCUT2D eigenvalue weighted by Crippen LogP contribution is -2.07. The highest BCUT2D eigenvalue weighted by atomic mass is 16.5. The van der Waals surface area contributed by atoms with Crippen molar-refractivity contribution >= 4 is 5.69 Å². The van der Waals surface area contributed by atoms with Crippen molar-refractivity contribution in [2.24, 2.45) is 0 Å². The van der Waals surface area contributed by atoms with Crippen molar-refractivity contribution in [3.05, 3.63) is 53.1 Å². The number of benzene rings is 2. The second kappa shape index (κ2) is 6.53. The quantitative estimate of drug-likeness (QED) is 0.877. The molecule has 0 saturated carbocycles. The molecule has 0 saturated heterocycles. The second-order valence-electron chi connectivity index (χ2n) is 5.31. The van der Waals surface area contributed by atoms with Gasteiger partial charge in [0.05, 0.1) is 14.2 Å². The van der Waals surface area contributed by atoms with Crippen LogP contribution in [0.4, 0.5) is 5.69 Å². The lowest BCUT2D eigenvalue weighted by atomic mass is 10.0. The SMILES string of the molecule is COc1cc(NC(C)c2ccc(C)c(C)c2)cc(OC)c1. The number of rotatable bonds is 5. The van der Waals surface area contributed by atoms with Crippen LogP contribution < -0.4 is 14.8 Å². The van der Waals surface area contributed by atoms with Gasteiger partial charge in [0.25, 0.3) is 0 Å². The fourth-order valence-electron chi connectivity index (χ4n) is 2.26. The number of hydrogen-bond donors (Lipinski definition) is 1. The number of methoxy groups -OCH3 is 2. The molecule has 0 spiro atoms. The summed E-state index contributed by atoms with van der Waals surface area (Å²) < 4.78 is 10.6. The van der Waals surface area contributed by atoms with E-state index in [1.54, 1.807) is 14.2 Å². The minimum absolute atomic E-state index is 0.209. The first-order chi connectivity index (χ1) is 10.0. The molecule has 0 radical (unpaired) electrons. The first-order valence-corrected chi connectivity index (χ1v) is 7.10. The van der Waals surface area contributed by atoms with Crippen molar-refractivity contribution in [2.45, 2.75) is 26.8 Å². The molecule has 0 fully saturated rings. The monoisotopic (exact) mass is 285 g/mol. The molecule has 0 heterocycles. The largest absolute Gasteiger partial charge is 0.497 e. The maximum atomic E-state index is 5.30. The Labute approximate surface area is 126 Å². The molecule has 2 aromatic rings. The highest BCUT2D eigenvalue weighted by molar-refractivity contribution is 5.55. The van der Waals surface area contributed by atoms with Crippen LogP contribution in [0.25, 0.3) is 0 Å². The summed E-state index contributed by atoms with van der Waals surface area (Å²) >= 11 is 0. The smallest absolute Gasteiger partial charge is 0.124 e. The van der Waals surface area contributed by atoms with Crippen molar-refractivity contribution in [3.63, 3.8) is 0 Å². The van der Waals surface area contributed by atoms with Crippen molar-refractivity contribution in [3.8, 4) is 11.5 Å². The van der Waals surface area contributed by atoms with Gasteiger partial charge in [-0.25, -0.2) is 0 Å². The van der Waals surface area contributed by atoms with Gasteiger partial charge in [-0.05, 0) is 37.5 Å². The van der Waals surface area contributed by atoms with E-state index in [1.165, 1.54) is 16.7 Å². The van der Waals surface area contributed by atoms with E-state index in [4.69, 9.17) is 9.47 Å². The van der Waals surface area contributed by atoms with Gasteiger partial charge in [-0.15, -0.1) is 0 Å². The summed E-state index contributed by atoms with van der Waals surface area (Å²) in [7, 11) is 3.32. The van der Waals surface area contributed by atoms with E-state index in [0.717, 1.165) is 17.2 Å². The highest BCUT2D eigenvalue weighted by Crippen LogP contribution is 2.28. The minimum Gasteiger partial charge on any atom is -0.497 e. The van der Waals surface area contributed by atoms with E-state index < -0.39 is 0 Å². The van der Waals surface area contributed by atoms with Crippen LogP contribution in [0.5, 0.6) is 11.5 Å². The first kappa shape index (κ1) is 15.2. The third kappa shape index (κ3) is 3.69. The van der Waals surface area contributed by atoms with Crippen molar-refractivity contribution in [2.75, 3.05) is 19.5 Å². The topological polar surface area (TPSA) is 30.5 Å². The third-order valence-corrected chi connectivity index (χ3v) is 3.77. The van der Waals surface area contributed by atoms with Crippen molar-refractivity contribution < 1.29 is 9.47 Å². The molecule has 0 amide bonds. The molecule has 2 aromatic carbocycles. The summed E-state index contributed by atoms with van der Waals surface area (Å²) in [5.41, 5.74) is 4.87. The van der Waals surface area contributed by atoms with E-state index in [0.29, 0.717) is 0 Å². The molecule has 1 atom stereocenters. The molecule has 3 heteroatoms.